The van der Waals surface area contributed by atoms with Crippen molar-refractivity contribution in [2.24, 2.45) is 0 Å². The summed E-state index contributed by atoms with van der Waals surface area (Å²) in [5.41, 5.74) is 3.83. The van der Waals surface area contributed by atoms with Crippen LogP contribution in [0.1, 0.15) is 54.1 Å². The number of aryl methyl sites for hydroxylation is 1. The second kappa shape index (κ2) is 13.0. The Kier molecular flexibility index (Phi) is 8.70. The summed E-state index contributed by atoms with van der Waals surface area (Å²) in [7, 11) is 1.52. The number of carbonyl (C=O) groups is 4. The summed E-state index contributed by atoms with van der Waals surface area (Å²) in [6, 6.07) is 16.4. The van der Waals surface area contributed by atoms with Crippen molar-refractivity contribution in [3.8, 4) is 16.8 Å². The van der Waals surface area contributed by atoms with Crippen molar-refractivity contribution in [1.29, 1.82) is 0 Å². The molecular formula is C34H27ClFN7O5. The summed E-state index contributed by atoms with van der Waals surface area (Å²) in [6.45, 7) is 1.73. The molecule has 0 fully saturated rings. The number of hydrogen-bond acceptors (Lipinski definition) is 7. The maximum absolute atomic E-state index is 14.7. The van der Waals surface area contributed by atoms with Gasteiger partial charge < -0.3 is 20.6 Å². The average Bonchev–Trinajstić information content (AvgIpc) is 3.58. The van der Waals surface area contributed by atoms with Crippen LogP contribution in [-0.2, 0) is 11.2 Å². The Morgan fingerprint density at radius 3 is 2.52 bits per heavy atom. The predicted octanol–water partition coefficient (Wildman–Crippen LogP) is 4.87. The van der Waals surface area contributed by atoms with E-state index in [2.05, 4.69) is 25.9 Å². The molecule has 3 amide bonds. The Bertz CT molecular complexity index is 2100. The molecule has 48 heavy (non-hydrogen) atoms. The SMILES string of the molecule is CNC(=O)c1ccc(-c2cccc3c2CCN(C(=O)c2cn(-c4cccc(Cl)c4F)nn2)[C@@H]3C(=O)Nc2ccc(C(=O)O)c(C)c2)cn1. The first-order valence-corrected chi connectivity index (χ1v) is 15.1. The topological polar surface area (TPSA) is 159 Å². The molecule has 3 N–H and O–H groups in total. The molecule has 0 radical (unpaired) electrons. The van der Waals surface area contributed by atoms with Crippen LogP contribution in [0.5, 0.6) is 0 Å². The molecule has 6 rings (SSSR count). The first kappa shape index (κ1) is 32.0. The lowest BCUT2D eigenvalue weighted by atomic mass is 9.86. The van der Waals surface area contributed by atoms with Crippen LogP contribution in [-0.4, -0.2) is 67.3 Å². The number of pyridine rings is 1. The largest absolute Gasteiger partial charge is 0.478 e. The van der Waals surface area contributed by atoms with Crippen molar-refractivity contribution in [3.05, 3.63) is 124 Å². The number of nitrogens with zero attached hydrogens (tertiary/aromatic N) is 5. The lowest BCUT2D eigenvalue weighted by molar-refractivity contribution is -0.121. The van der Waals surface area contributed by atoms with Gasteiger partial charge in [-0.1, -0.05) is 47.1 Å². The van der Waals surface area contributed by atoms with Crippen LogP contribution in [0, 0.1) is 12.7 Å². The predicted molar refractivity (Wildman–Crippen MR) is 174 cm³/mol. The van der Waals surface area contributed by atoms with E-state index < -0.39 is 29.6 Å². The molecule has 0 unspecified atom stereocenters. The number of aromatic nitrogens is 4. The zero-order valence-corrected chi connectivity index (χ0v) is 26.3. The Morgan fingerprint density at radius 1 is 1.02 bits per heavy atom. The lowest BCUT2D eigenvalue weighted by Crippen LogP contribution is -2.45. The maximum Gasteiger partial charge on any atom is 0.335 e. The molecule has 1 aliphatic heterocycles. The fourth-order valence-electron chi connectivity index (χ4n) is 5.74. The molecule has 1 aliphatic rings. The number of rotatable bonds is 7. The van der Waals surface area contributed by atoms with Gasteiger partial charge in [-0.25, -0.2) is 13.9 Å². The lowest BCUT2D eigenvalue weighted by Gasteiger charge is -2.37. The van der Waals surface area contributed by atoms with Gasteiger partial charge in [0.2, 0.25) is 0 Å². The Labute approximate surface area is 278 Å². The molecular weight excluding hydrogens is 641 g/mol. The number of nitrogens with one attached hydrogen (secondary N) is 2. The van der Waals surface area contributed by atoms with Crippen molar-refractivity contribution in [2.75, 3.05) is 18.9 Å². The van der Waals surface area contributed by atoms with Gasteiger partial charge in [0, 0.05) is 31.0 Å². The van der Waals surface area contributed by atoms with E-state index in [1.165, 1.54) is 48.5 Å². The monoisotopic (exact) mass is 667 g/mol. The molecule has 3 heterocycles. The van der Waals surface area contributed by atoms with Crippen molar-refractivity contribution >= 4 is 41.0 Å². The number of carbonyl (C=O) groups excluding carboxylic acids is 3. The van der Waals surface area contributed by atoms with Crippen LogP contribution in [0.2, 0.25) is 5.02 Å². The summed E-state index contributed by atoms with van der Waals surface area (Å²) in [4.78, 5) is 57.4. The van der Waals surface area contributed by atoms with Gasteiger partial charge in [0.1, 0.15) is 17.4 Å². The molecule has 0 aliphatic carbocycles. The minimum Gasteiger partial charge on any atom is -0.478 e. The second-order valence-electron chi connectivity index (χ2n) is 11.0. The Balaban J connectivity index is 1.39. The minimum absolute atomic E-state index is 0.00630. The van der Waals surface area contributed by atoms with Gasteiger partial charge >= 0.3 is 5.97 Å². The molecule has 242 valence electrons. The first-order valence-electron chi connectivity index (χ1n) is 14.7. The van der Waals surface area contributed by atoms with E-state index in [-0.39, 0.29) is 40.1 Å². The van der Waals surface area contributed by atoms with E-state index in [4.69, 9.17) is 11.6 Å². The number of benzene rings is 3. The van der Waals surface area contributed by atoms with Crippen LogP contribution >= 0.6 is 11.6 Å². The Hall–Kier alpha value is -5.95. The smallest absolute Gasteiger partial charge is 0.335 e. The van der Waals surface area contributed by atoms with Crippen LogP contribution in [0.25, 0.3) is 16.8 Å². The highest BCUT2D eigenvalue weighted by Gasteiger charge is 2.38. The summed E-state index contributed by atoms with van der Waals surface area (Å²) in [6.07, 6.45) is 3.21. The zero-order chi connectivity index (χ0) is 34.1. The standard InChI is InChI=1S/C34H27ClFN7O5/c1-18-15-20(10-11-21(18)34(47)48)39-32(45)30-24-6-3-5-22(19-9-12-26(38-16-19)31(44)37-2)23(24)13-14-42(30)33(46)27-17-43(41-40-27)28-8-4-7-25(35)29(28)36/h3-12,15-17,30H,13-14H2,1-2H3,(H,37,44)(H,39,45)(H,47,48)/t30-/m0/s1. The summed E-state index contributed by atoms with van der Waals surface area (Å²) in [5, 5.41) is 22.6. The highest BCUT2D eigenvalue weighted by atomic mass is 35.5. The van der Waals surface area contributed by atoms with Crippen molar-refractivity contribution in [2.45, 2.75) is 19.4 Å². The van der Waals surface area contributed by atoms with Crippen molar-refractivity contribution in [3.63, 3.8) is 0 Å². The molecule has 1 atom stereocenters. The van der Waals surface area contributed by atoms with Gasteiger partial charge in [-0.15, -0.1) is 5.10 Å². The highest BCUT2D eigenvalue weighted by molar-refractivity contribution is 6.30. The zero-order valence-electron chi connectivity index (χ0n) is 25.6. The van der Waals surface area contributed by atoms with Crippen LogP contribution in [0.15, 0.2) is 79.1 Å². The number of hydrogen-bond donors (Lipinski definition) is 3. The second-order valence-corrected chi connectivity index (χ2v) is 11.4. The van der Waals surface area contributed by atoms with E-state index in [1.807, 2.05) is 6.07 Å². The molecule has 12 nitrogen and oxygen atoms in total. The van der Waals surface area contributed by atoms with Gasteiger partial charge in [0.15, 0.2) is 11.5 Å². The third kappa shape index (κ3) is 5.98. The molecule has 3 aromatic carbocycles. The van der Waals surface area contributed by atoms with E-state index >= 15 is 0 Å². The Morgan fingerprint density at radius 2 is 1.81 bits per heavy atom. The number of carboxylic acids is 1. The molecule has 14 heteroatoms. The maximum atomic E-state index is 14.7. The molecule has 0 saturated heterocycles. The van der Waals surface area contributed by atoms with E-state index in [1.54, 1.807) is 43.5 Å². The van der Waals surface area contributed by atoms with E-state index in [9.17, 15) is 28.7 Å². The highest BCUT2D eigenvalue weighted by Crippen LogP contribution is 2.37. The average molecular weight is 668 g/mol. The third-order valence-corrected chi connectivity index (χ3v) is 8.37. The number of aromatic carboxylic acids is 1. The van der Waals surface area contributed by atoms with Gasteiger partial charge in [-0.3, -0.25) is 19.4 Å². The van der Waals surface area contributed by atoms with E-state index in [0.717, 1.165) is 15.8 Å². The molecule has 0 saturated carbocycles. The van der Waals surface area contributed by atoms with Gasteiger partial charge in [-0.05, 0) is 72.0 Å². The number of fused-ring (bicyclic) bond motifs is 1. The van der Waals surface area contributed by atoms with Gasteiger partial charge in [-0.2, -0.15) is 0 Å². The van der Waals surface area contributed by atoms with Gasteiger partial charge in [0.05, 0.1) is 16.8 Å². The quantitative estimate of drug-likeness (QED) is 0.222. The third-order valence-electron chi connectivity index (χ3n) is 8.08. The fraction of sp³-hybridized carbons (Fsp3) is 0.147. The first-order chi connectivity index (χ1) is 23.1. The van der Waals surface area contributed by atoms with Gasteiger partial charge in [0.25, 0.3) is 17.7 Å². The number of anilines is 1. The summed E-state index contributed by atoms with van der Waals surface area (Å²) in [5.74, 6) is -3.33. The molecule has 0 spiro atoms. The van der Waals surface area contributed by atoms with E-state index in [0.29, 0.717) is 28.8 Å². The van der Waals surface area contributed by atoms with Crippen molar-refractivity contribution in [1.82, 2.24) is 30.2 Å². The number of amides is 3. The van der Waals surface area contributed by atoms with Crippen LogP contribution in [0.3, 0.4) is 0 Å². The van der Waals surface area contributed by atoms with Crippen LogP contribution < -0.4 is 10.6 Å². The fourth-order valence-corrected chi connectivity index (χ4v) is 5.91. The number of halogens is 2. The van der Waals surface area contributed by atoms with Crippen LogP contribution in [0.4, 0.5) is 10.1 Å². The number of carboxylic acid groups (broad SMARTS) is 1. The summed E-state index contributed by atoms with van der Waals surface area (Å²) >= 11 is 5.94. The molecule has 5 aromatic rings. The minimum atomic E-state index is -1.15. The molecule has 2 aromatic heterocycles. The molecule has 0 bridgehead atoms. The normalized spacial score (nSPS) is 13.8. The van der Waals surface area contributed by atoms with Crippen molar-refractivity contribution < 1.29 is 28.7 Å². The summed E-state index contributed by atoms with van der Waals surface area (Å²) < 4.78 is 15.8.